The number of nitrogen functional groups attached to an aromatic ring is 2. The van der Waals surface area contributed by atoms with E-state index in [1.165, 1.54) is 0 Å². The highest BCUT2D eigenvalue weighted by Gasteiger charge is 2.27. The number of hydrogen-bond acceptors (Lipinski definition) is 10. The molecule has 256 valence electrons. The van der Waals surface area contributed by atoms with Crippen molar-refractivity contribution in [3.8, 4) is 23.3 Å². The van der Waals surface area contributed by atoms with E-state index in [4.69, 9.17) is 25.7 Å². The Morgan fingerprint density at radius 3 is 2.47 bits per heavy atom. The van der Waals surface area contributed by atoms with Crippen LogP contribution in [-0.2, 0) is 17.6 Å². The van der Waals surface area contributed by atoms with Gasteiger partial charge in [-0.05, 0) is 37.1 Å². The zero-order chi connectivity index (χ0) is 34.5. The fourth-order valence-corrected chi connectivity index (χ4v) is 7.03. The minimum atomic E-state index is -1.19. The third-order valence-corrected chi connectivity index (χ3v) is 9.47. The molecule has 4 aromatic rings. The Morgan fingerprint density at radius 2 is 1.78 bits per heavy atom. The van der Waals surface area contributed by atoms with Crippen molar-refractivity contribution in [2.24, 2.45) is 0 Å². The molecule has 0 spiro atoms. The number of ether oxygens (including phenoxy) is 3. The zero-order valence-electron chi connectivity index (χ0n) is 28.0. The maximum Gasteiger partial charge on any atom is 0.341 e. The van der Waals surface area contributed by atoms with Gasteiger partial charge in [0.2, 0.25) is 11.4 Å². The summed E-state index contributed by atoms with van der Waals surface area (Å²) in [6.45, 7) is 3.50. The maximum absolute atomic E-state index is 13.8. The van der Waals surface area contributed by atoms with Gasteiger partial charge in [-0.15, -0.1) is 0 Å². The van der Waals surface area contributed by atoms with Crippen molar-refractivity contribution < 1.29 is 24.1 Å². The largest absolute Gasteiger partial charge is 0.493 e. The second-order valence-electron chi connectivity index (χ2n) is 12.5. The molecule has 1 saturated carbocycles. The Morgan fingerprint density at radius 1 is 1.02 bits per heavy atom. The Bertz CT molecular complexity index is 1990. The lowest BCUT2D eigenvalue weighted by atomic mass is 9.92. The molecule has 0 radical (unpaired) electrons. The SMILES string of the molecule is COc1c(C#Cc2ccc3c(=O)c(C(=O)O)c(CCN4CCOCC4)n(C4CCCCC4)c3c2)ccc(Cc2cnc(N)nc2N)c1OC. The van der Waals surface area contributed by atoms with Gasteiger partial charge in [-0.2, -0.15) is 4.98 Å². The number of methoxy groups -OCH3 is 2. The summed E-state index contributed by atoms with van der Waals surface area (Å²) in [5.74, 6) is 6.69. The summed E-state index contributed by atoms with van der Waals surface area (Å²) in [6, 6.07) is 9.25. The van der Waals surface area contributed by atoms with E-state index in [0.29, 0.717) is 83.2 Å². The molecular weight excluding hydrogens is 624 g/mol. The molecule has 1 aliphatic carbocycles. The number of aromatic nitrogens is 3. The van der Waals surface area contributed by atoms with Crippen molar-refractivity contribution in [3.05, 3.63) is 80.3 Å². The summed E-state index contributed by atoms with van der Waals surface area (Å²) in [7, 11) is 3.13. The number of anilines is 2. The third kappa shape index (κ3) is 7.18. The van der Waals surface area contributed by atoms with Crippen LogP contribution in [0.3, 0.4) is 0 Å². The lowest BCUT2D eigenvalue weighted by molar-refractivity contribution is 0.0381. The van der Waals surface area contributed by atoms with Gasteiger partial charge in [-0.25, -0.2) is 9.78 Å². The minimum absolute atomic E-state index is 0.0928. The Hall–Kier alpha value is -5.12. The van der Waals surface area contributed by atoms with E-state index in [1.807, 2.05) is 18.2 Å². The molecule has 1 aliphatic heterocycles. The second kappa shape index (κ2) is 15.0. The minimum Gasteiger partial charge on any atom is -0.493 e. The molecule has 0 atom stereocenters. The highest BCUT2D eigenvalue weighted by atomic mass is 16.5. The van der Waals surface area contributed by atoms with Crippen molar-refractivity contribution in [1.29, 1.82) is 0 Å². The van der Waals surface area contributed by atoms with Crippen LogP contribution in [0.15, 0.2) is 41.3 Å². The molecule has 0 amide bonds. The first-order valence-corrected chi connectivity index (χ1v) is 16.7. The van der Waals surface area contributed by atoms with Crippen LogP contribution in [0, 0.1) is 11.8 Å². The first-order valence-electron chi connectivity index (χ1n) is 16.7. The van der Waals surface area contributed by atoms with Gasteiger partial charge in [0.05, 0.1) is 38.5 Å². The van der Waals surface area contributed by atoms with Crippen LogP contribution in [0.5, 0.6) is 11.5 Å². The molecule has 3 heterocycles. The zero-order valence-corrected chi connectivity index (χ0v) is 28.0. The lowest BCUT2D eigenvalue weighted by Crippen LogP contribution is -2.38. The average Bonchev–Trinajstić information content (AvgIpc) is 3.11. The molecule has 5 N–H and O–H groups in total. The number of morpholine rings is 1. The van der Waals surface area contributed by atoms with Gasteiger partial charge in [0.15, 0.2) is 11.5 Å². The van der Waals surface area contributed by atoms with Crippen molar-refractivity contribution in [1.82, 2.24) is 19.4 Å². The Kier molecular flexibility index (Phi) is 10.3. The maximum atomic E-state index is 13.8. The first kappa shape index (κ1) is 33.8. The number of hydrogen-bond donors (Lipinski definition) is 3. The Balaban J connectivity index is 1.42. The summed E-state index contributed by atoms with van der Waals surface area (Å²) in [5, 5.41) is 10.7. The number of rotatable bonds is 9. The number of carboxylic acid groups (broad SMARTS) is 1. The number of carbonyl (C=O) groups is 1. The van der Waals surface area contributed by atoms with Crippen molar-refractivity contribution >= 4 is 28.6 Å². The molecule has 12 heteroatoms. The summed E-state index contributed by atoms with van der Waals surface area (Å²) in [6.07, 6.45) is 7.55. The monoisotopic (exact) mass is 666 g/mol. The molecule has 2 aliphatic rings. The van der Waals surface area contributed by atoms with E-state index in [0.717, 1.165) is 50.8 Å². The number of carboxylic acids is 1. The topological polar surface area (TPSA) is 168 Å². The van der Waals surface area contributed by atoms with E-state index in [1.54, 1.807) is 32.5 Å². The number of nitrogens with two attached hydrogens (primary N) is 2. The van der Waals surface area contributed by atoms with E-state index in [-0.39, 0.29) is 17.6 Å². The summed E-state index contributed by atoms with van der Waals surface area (Å²) < 4.78 is 19.2. The standard InChI is InChI=1S/C37H42N6O6/c1-47-33-24(11-12-25(34(33)48-2)21-26-22-40-37(39)41-35(26)38)10-8-23-9-13-28-30(20-23)43(27-6-4-3-5-7-27)29(31(32(28)44)36(45)46)14-15-42-16-18-49-19-17-42/h9,11-13,20,22,27H,3-7,14-19,21H2,1-2H3,(H,45,46)(H4,38,39,40,41). The predicted octanol–water partition coefficient (Wildman–Crippen LogP) is 4.04. The normalized spacial score (nSPS) is 15.5. The number of benzene rings is 2. The number of pyridine rings is 1. The molecule has 2 aromatic heterocycles. The molecule has 2 fully saturated rings. The first-order chi connectivity index (χ1) is 23.8. The van der Waals surface area contributed by atoms with Gasteiger partial charge in [0, 0.05) is 72.5 Å². The average molecular weight is 667 g/mol. The lowest BCUT2D eigenvalue weighted by Gasteiger charge is -2.32. The number of nitrogens with zero attached hydrogens (tertiary/aromatic N) is 4. The smallest absolute Gasteiger partial charge is 0.341 e. The van der Waals surface area contributed by atoms with Crippen LogP contribution in [-0.4, -0.2) is 77.6 Å². The molecule has 2 aromatic carbocycles. The number of aromatic carboxylic acids is 1. The van der Waals surface area contributed by atoms with Gasteiger partial charge < -0.3 is 35.4 Å². The van der Waals surface area contributed by atoms with Crippen molar-refractivity contribution in [2.45, 2.75) is 51.0 Å². The van der Waals surface area contributed by atoms with E-state index >= 15 is 0 Å². The van der Waals surface area contributed by atoms with Crippen LogP contribution in [0.25, 0.3) is 10.9 Å². The van der Waals surface area contributed by atoms with Gasteiger partial charge in [0.25, 0.3) is 0 Å². The van der Waals surface area contributed by atoms with Crippen LogP contribution < -0.4 is 26.4 Å². The molecule has 49 heavy (non-hydrogen) atoms. The third-order valence-electron chi connectivity index (χ3n) is 9.47. The van der Waals surface area contributed by atoms with Crippen molar-refractivity contribution in [3.63, 3.8) is 0 Å². The van der Waals surface area contributed by atoms with Gasteiger partial charge >= 0.3 is 5.97 Å². The Labute approximate surface area is 285 Å². The van der Waals surface area contributed by atoms with Gasteiger partial charge in [-0.1, -0.05) is 37.2 Å². The molecule has 1 saturated heterocycles. The molecule has 6 rings (SSSR count). The molecule has 0 bridgehead atoms. The van der Waals surface area contributed by atoms with Crippen LogP contribution in [0.2, 0.25) is 0 Å². The van der Waals surface area contributed by atoms with E-state index in [9.17, 15) is 14.7 Å². The molecule has 0 unspecified atom stereocenters. The fourth-order valence-electron chi connectivity index (χ4n) is 7.03. The van der Waals surface area contributed by atoms with E-state index < -0.39 is 11.4 Å². The van der Waals surface area contributed by atoms with Gasteiger partial charge in [-0.3, -0.25) is 9.69 Å². The van der Waals surface area contributed by atoms with Crippen LogP contribution in [0.4, 0.5) is 11.8 Å². The number of fused-ring (bicyclic) bond motifs is 1. The second-order valence-corrected chi connectivity index (χ2v) is 12.5. The molecule has 12 nitrogen and oxygen atoms in total. The molecular formula is C37H42N6O6. The van der Waals surface area contributed by atoms with Crippen LogP contribution >= 0.6 is 0 Å². The highest BCUT2D eigenvalue weighted by molar-refractivity contribution is 5.94. The highest BCUT2D eigenvalue weighted by Crippen LogP contribution is 2.37. The summed E-state index contributed by atoms with van der Waals surface area (Å²) >= 11 is 0. The quantitative estimate of drug-likeness (QED) is 0.221. The summed E-state index contributed by atoms with van der Waals surface area (Å²) in [5.41, 5.74) is 15.3. The van der Waals surface area contributed by atoms with E-state index in [2.05, 4.69) is 31.3 Å². The van der Waals surface area contributed by atoms with Crippen molar-refractivity contribution in [2.75, 3.05) is 58.5 Å². The van der Waals surface area contributed by atoms with Gasteiger partial charge in [0.1, 0.15) is 11.4 Å². The predicted molar refractivity (Wildman–Crippen MR) is 187 cm³/mol. The van der Waals surface area contributed by atoms with Crippen LogP contribution in [0.1, 0.15) is 76.5 Å². The summed E-state index contributed by atoms with van der Waals surface area (Å²) in [4.78, 5) is 36.8. The fraction of sp³-hybridized carbons (Fsp3) is 0.405.